The van der Waals surface area contributed by atoms with Crippen LogP contribution in [-0.4, -0.2) is 47.4 Å². The van der Waals surface area contributed by atoms with Gasteiger partial charge in [-0.3, -0.25) is 0 Å². The van der Waals surface area contributed by atoms with Gasteiger partial charge in [0.2, 0.25) is 0 Å². The number of hydrogen-bond donors (Lipinski definition) is 0. The van der Waals surface area contributed by atoms with E-state index in [1.165, 1.54) is 115 Å². The first-order valence-electron chi connectivity index (χ1n) is 39.4. The summed E-state index contributed by atoms with van der Waals surface area (Å²) in [5.74, 6) is 1.34. The Morgan fingerprint density at radius 1 is 0.241 bits per heavy atom. The van der Waals surface area contributed by atoms with Crippen LogP contribution in [0.1, 0.15) is 27.7 Å². The Kier molecular flexibility index (Phi) is 19.2. The Balaban J connectivity index is 0.000000124. The number of nitrogens with zero attached hydrogens (tertiary/aromatic N) is 6. The van der Waals surface area contributed by atoms with Crippen LogP contribution >= 0.6 is 11.6 Å². The maximum absolute atomic E-state index is 6.27. The van der Waals surface area contributed by atoms with Gasteiger partial charge in [-0.25, -0.2) is 19.9 Å². The van der Waals surface area contributed by atoms with Crippen LogP contribution in [0.15, 0.2) is 400 Å². The van der Waals surface area contributed by atoms with Crippen molar-refractivity contribution in [2.75, 3.05) is 0 Å². The van der Waals surface area contributed by atoms with E-state index in [0.29, 0.717) is 16.8 Å². The molecule has 1 aliphatic heterocycles. The lowest BCUT2D eigenvalue weighted by Crippen LogP contribution is -2.41. The van der Waals surface area contributed by atoms with Crippen LogP contribution in [-0.2, 0) is 9.31 Å². The van der Waals surface area contributed by atoms with Crippen LogP contribution in [0.3, 0.4) is 0 Å². The van der Waals surface area contributed by atoms with Crippen molar-refractivity contribution in [3.05, 3.63) is 406 Å². The van der Waals surface area contributed by atoms with Gasteiger partial charge in [0.15, 0.2) is 11.6 Å². The third kappa shape index (κ3) is 14.0. The van der Waals surface area contributed by atoms with E-state index in [1.54, 1.807) is 6.07 Å². The first-order chi connectivity index (χ1) is 56.9. The lowest BCUT2D eigenvalue weighted by atomic mass is 9.78. The van der Waals surface area contributed by atoms with E-state index in [2.05, 4.69) is 368 Å². The van der Waals surface area contributed by atoms with Crippen molar-refractivity contribution in [2.45, 2.75) is 38.9 Å². The van der Waals surface area contributed by atoms with Gasteiger partial charge in [0, 0.05) is 66.2 Å². The molecule has 16 aromatic carbocycles. The van der Waals surface area contributed by atoms with Gasteiger partial charge < -0.3 is 18.4 Å². The van der Waals surface area contributed by atoms with Crippen LogP contribution < -0.4 is 5.46 Å². The van der Waals surface area contributed by atoms with Gasteiger partial charge in [-0.1, -0.05) is 363 Å². The summed E-state index contributed by atoms with van der Waals surface area (Å²) in [4.78, 5) is 19.2. The molecule has 0 spiro atoms. The number of benzene rings is 16. The average Bonchev–Trinajstić information content (AvgIpc) is 1.58. The molecular weight excluding hydrogens is 1440 g/mol. The molecule has 0 unspecified atom stereocenters. The van der Waals surface area contributed by atoms with Gasteiger partial charge in [-0.15, -0.1) is 0 Å². The van der Waals surface area contributed by atoms with E-state index >= 15 is 0 Å². The van der Waals surface area contributed by atoms with Crippen LogP contribution in [0.5, 0.6) is 0 Å². The first kappa shape index (κ1) is 72.3. The Hall–Kier alpha value is -13.9. The van der Waals surface area contributed by atoms with Crippen molar-refractivity contribution in [3.63, 3.8) is 0 Å². The summed E-state index contributed by atoms with van der Waals surface area (Å²) in [6.07, 6.45) is 0. The largest absolute Gasteiger partial charge is 0.494 e. The number of para-hydroxylation sites is 4. The van der Waals surface area contributed by atoms with Crippen molar-refractivity contribution in [1.29, 1.82) is 0 Å². The monoisotopic (exact) mass is 1510 g/mol. The highest BCUT2D eigenvalue weighted by molar-refractivity contribution is 6.62. The van der Waals surface area contributed by atoms with E-state index in [4.69, 9.17) is 30.9 Å². The Morgan fingerprint density at radius 3 is 0.871 bits per heavy atom. The third-order valence-corrected chi connectivity index (χ3v) is 22.9. The maximum atomic E-state index is 6.27. The molecule has 0 aliphatic carbocycles. The van der Waals surface area contributed by atoms with E-state index in [9.17, 15) is 0 Å². The fraction of sp³-hybridized carbons (Fsp3) is 0.0566. The van der Waals surface area contributed by atoms with Crippen LogP contribution in [0.25, 0.3) is 178 Å². The molecule has 0 amide bonds. The van der Waals surface area contributed by atoms with Crippen LogP contribution in [0, 0.1) is 0 Å². The van der Waals surface area contributed by atoms with Gasteiger partial charge in [-0.2, -0.15) is 0 Å². The molecule has 116 heavy (non-hydrogen) atoms. The molecule has 8 nitrogen and oxygen atoms in total. The van der Waals surface area contributed by atoms with Crippen LogP contribution in [0.4, 0.5) is 0 Å². The second-order valence-corrected chi connectivity index (χ2v) is 30.8. The highest BCUT2D eigenvalue weighted by atomic mass is 35.5. The summed E-state index contributed by atoms with van der Waals surface area (Å²) < 4.78 is 17.3. The molecule has 0 N–H and O–H groups in total. The van der Waals surface area contributed by atoms with E-state index in [-0.39, 0.29) is 18.3 Å². The SMILES string of the molecule is CC1(C)OB(c2ccc(-c3ccc(-n4c5ccccc5c5ccccc54)c4ccccc34)cc2)OC1(C)C.Clc1cc(-c2ccc(-c3ccccc3)cc2)nc(-c2ccccc2)n1.c1ccc(-c2ccc(-c3cc(-c4ccc(-c5ccc(-n6c7ccccc7c7ccccc76)c6ccccc56)cc4)nc(-c4ccccc4)n3)cc2)cc1. The maximum Gasteiger partial charge on any atom is 0.494 e. The van der Waals surface area contributed by atoms with Crippen molar-refractivity contribution in [2.24, 2.45) is 0 Å². The van der Waals surface area contributed by atoms with Crippen molar-refractivity contribution in [3.8, 4) is 112 Å². The molecule has 4 aromatic heterocycles. The number of fused-ring (bicyclic) bond motifs is 8. The van der Waals surface area contributed by atoms with E-state index < -0.39 is 0 Å². The molecule has 10 heteroatoms. The molecule has 554 valence electrons. The molecule has 0 radical (unpaired) electrons. The highest BCUT2D eigenvalue weighted by Crippen LogP contribution is 2.43. The number of hydrogen-bond acceptors (Lipinski definition) is 6. The van der Waals surface area contributed by atoms with Crippen molar-refractivity contribution >= 4 is 89.3 Å². The fourth-order valence-corrected chi connectivity index (χ4v) is 16.3. The minimum absolute atomic E-state index is 0.352. The Bertz CT molecular complexity index is 6870. The summed E-state index contributed by atoms with van der Waals surface area (Å²) in [6.45, 7) is 8.36. The summed E-state index contributed by atoms with van der Waals surface area (Å²) in [5.41, 5.74) is 24.7. The fourth-order valence-electron chi connectivity index (χ4n) is 16.1. The number of rotatable bonds is 12. The predicted molar refractivity (Wildman–Crippen MR) is 484 cm³/mol. The average molecular weight is 1510 g/mol. The molecule has 5 heterocycles. The molecule has 21 rings (SSSR count). The standard InChI is InChI=1S/C50H33N3.C34H30BNO2.C22H15ClN2/c1-3-13-34(14-4-1)35-23-27-37(28-24-35)45-33-46(52-50(51-45)39-15-5-2-6-16-39)38-29-25-36(26-30-38)40-31-32-49(42-18-8-7-17-41(40)42)53-47-21-11-9-19-43(47)44-20-10-12-22-48(44)53;1-33(2)34(3,4)38-35(37-33)24-19-17-23(18-20-24)25-21-22-32(27-12-6-5-11-26(25)27)36-30-15-9-7-13-28(30)29-14-8-10-16-31(29)36;23-21-15-20(24-22(25-21)19-9-5-2-6-10-19)18-13-11-17(12-14-18)16-7-3-1-4-8-16/h1-33H;5-22H,1-4H3;1-15H. The lowest BCUT2D eigenvalue weighted by Gasteiger charge is -2.32. The predicted octanol–water partition coefficient (Wildman–Crippen LogP) is 27.1. The first-order valence-corrected chi connectivity index (χ1v) is 39.7. The van der Waals surface area contributed by atoms with Gasteiger partial charge in [0.1, 0.15) is 5.15 Å². The summed E-state index contributed by atoms with van der Waals surface area (Å²) in [6, 6.07) is 140. The molecule has 0 saturated carbocycles. The minimum Gasteiger partial charge on any atom is -0.399 e. The molecular formula is C106H78BClN6O2. The molecule has 1 saturated heterocycles. The molecule has 20 aromatic rings. The van der Waals surface area contributed by atoms with Gasteiger partial charge in [0.05, 0.1) is 61.7 Å². The second-order valence-electron chi connectivity index (χ2n) is 30.4. The highest BCUT2D eigenvalue weighted by Gasteiger charge is 2.51. The van der Waals surface area contributed by atoms with Gasteiger partial charge >= 0.3 is 7.12 Å². The second kappa shape index (κ2) is 30.9. The van der Waals surface area contributed by atoms with Crippen LogP contribution in [0.2, 0.25) is 5.15 Å². The van der Waals surface area contributed by atoms with Gasteiger partial charge in [-0.05, 0) is 131 Å². The quantitative estimate of drug-likeness (QED) is 0.0896. The zero-order valence-corrected chi connectivity index (χ0v) is 65.3. The smallest absolute Gasteiger partial charge is 0.399 e. The summed E-state index contributed by atoms with van der Waals surface area (Å²) >= 11 is 6.23. The number of aromatic nitrogens is 6. The molecule has 0 atom stereocenters. The van der Waals surface area contributed by atoms with Crippen molar-refractivity contribution < 1.29 is 9.31 Å². The zero-order valence-electron chi connectivity index (χ0n) is 64.6. The Morgan fingerprint density at radius 2 is 0.509 bits per heavy atom. The molecule has 1 fully saturated rings. The zero-order chi connectivity index (χ0) is 78.3. The normalized spacial score (nSPS) is 12.9. The summed E-state index contributed by atoms with van der Waals surface area (Å²) in [5, 5.41) is 10.4. The van der Waals surface area contributed by atoms with Crippen molar-refractivity contribution in [1.82, 2.24) is 29.1 Å². The third-order valence-electron chi connectivity index (χ3n) is 22.7. The minimum atomic E-state index is -0.358. The number of halogens is 1. The Labute approximate surface area is 680 Å². The lowest BCUT2D eigenvalue weighted by molar-refractivity contribution is 0.00578. The molecule has 0 bridgehead atoms. The van der Waals surface area contributed by atoms with E-state index in [1.807, 2.05) is 72.8 Å². The summed E-state index contributed by atoms with van der Waals surface area (Å²) in [7, 11) is -0.358. The topological polar surface area (TPSA) is 79.9 Å². The van der Waals surface area contributed by atoms with Gasteiger partial charge in [0.25, 0.3) is 0 Å². The van der Waals surface area contributed by atoms with E-state index in [0.717, 1.165) is 55.9 Å². The molecule has 1 aliphatic rings.